The van der Waals surface area contributed by atoms with E-state index >= 15 is 0 Å². The van der Waals surface area contributed by atoms with Crippen LogP contribution in [0.15, 0.2) is 0 Å². The molecular formula is C18H35N3. The maximum atomic E-state index is 4.72. The first-order chi connectivity index (χ1) is 9.85. The van der Waals surface area contributed by atoms with Crippen LogP contribution in [-0.2, 0) is 13.1 Å². The minimum absolute atomic E-state index is 0.153. The second-order valence-electron chi connectivity index (χ2n) is 7.24. The highest BCUT2D eigenvalue weighted by molar-refractivity contribution is 5.24. The summed E-state index contributed by atoms with van der Waals surface area (Å²) < 4.78 is 2.20. The SMILES string of the molecule is CCCCCCCCn1nc(C)c(CNC(C)(C)C)c1C. The molecular weight excluding hydrogens is 258 g/mol. The van der Waals surface area contributed by atoms with Crippen LogP contribution in [0.2, 0.25) is 0 Å². The lowest BCUT2D eigenvalue weighted by Gasteiger charge is -2.20. The third kappa shape index (κ3) is 6.64. The van der Waals surface area contributed by atoms with Crippen LogP contribution in [0.4, 0.5) is 0 Å². The fourth-order valence-electron chi connectivity index (χ4n) is 2.60. The number of rotatable bonds is 9. The van der Waals surface area contributed by atoms with Gasteiger partial charge in [0.25, 0.3) is 0 Å². The van der Waals surface area contributed by atoms with Crippen molar-refractivity contribution in [1.82, 2.24) is 15.1 Å². The Morgan fingerprint density at radius 3 is 2.24 bits per heavy atom. The molecule has 0 radical (unpaired) electrons. The lowest BCUT2D eigenvalue weighted by atomic mass is 10.1. The molecule has 0 aromatic carbocycles. The van der Waals surface area contributed by atoms with Gasteiger partial charge in [0.1, 0.15) is 0 Å². The van der Waals surface area contributed by atoms with Crippen LogP contribution < -0.4 is 5.32 Å². The van der Waals surface area contributed by atoms with E-state index in [9.17, 15) is 0 Å². The number of hydrogen-bond donors (Lipinski definition) is 1. The minimum Gasteiger partial charge on any atom is -0.308 e. The lowest BCUT2D eigenvalue weighted by Crippen LogP contribution is -2.35. The summed E-state index contributed by atoms with van der Waals surface area (Å²) in [5, 5.41) is 8.29. The van der Waals surface area contributed by atoms with E-state index in [0.717, 1.165) is 13.1 Å². The van der Waals surface area contributed by atoms with E-state index in [0.29, 0.717) is 0 Å². The maximum absolute atomic E-state index is 4.72. The van der Waals surface area contributed by atoms with Crippen molar-refractivity contribution in [2.75, 3.05) is 0 Å². The van der Waals surface area contributed by atoms with Gasteiger partial charge in [-0.2, -0.15) is 5.10 Å². The van der Waals surface area contributed by atoms with Crippen molar-refractivity contribution in [3.63, 3.8) is 0 Å². The largest absolute Gasteiger partial charge is 0.308 e. The molecule has 3 nitrogen and oxygen atoms in total. The zero-order valence-corrected chi connectivity index (χ0v) is 15.1. The van der Waals surface area contributed by atoms with Gasteiger partial charge in [0.15, 0.2) is 0 Å². The molecule has 0 saturated carbocycles. The Balaban J connectivity index is 2.45. The second-order valence-corrected chi connectivity index (χ2v) is 7.24. The molecule has 1 aromatic heterocycles. The second kappa shape index (κ2) is 8.57. The number of unbranched alkanes of at least 4 members (excludes halogenated alkanes) is 5. The van der Waals surface area contributed by atoms with E-state index in [-0.39, 0.29) is 5.54 Å². The van der Waals surface area contributed by atoms with E-state index in [1.165, 1.54) is 55.5 Å². The van der Waals surface area contributed by atoms with E-state index in [1.807, 2.05) is 0 Å². The normalized spacial score (nSPS) is 12.1. The highest BCUT2D eigenvalue weighted by Crippen LogP contribution is 2.15. The molecule has 0 amide bonds. The molecule has 0 fully saturated rings. The van der Waals surface area contributed by atoms with Gasteiger partial charge in [-0.1, -0.05) is 39.0 Å². The molecule has 0 atom stereocenters. The molecule has 0 bridgehead atoms. The van der Waals surface area contributed by atoms with E-state index in [2.05, 4.69) is 51.5 Å². The van der Waals surface area contributed by atoms with Gasteiger partial charge in [0.2, 0.25) is 0 Å². The third-order valence-corrected chi connectivity index (χ3v) is 4.05. The Labute approximate surface area is 131 Å². The van der Waals surface area contributed by atoms with Crippen LogP contribution in [-0.4, -0.2) is 15.3 Å². The number of nitrogens with one attached hydrogen (secondary N) is 1. The van der Waals surface area contributed by atoms with Gasteiger partial charge in [-0.25, -0.2) is 0 Å². The Bertz CT molecular complexity index is 413. The van der Waals surface area contributed by atoms with Gasteiger partial charge < -0.3 is 5.32 Å². The smallest absolute Gasteiger partial charge is 0.0641 e. The van der Waals surface area contributed by atoms with Crippen molar-refractivity contribution in [2.24, 2.45) is 0 Å². The van der Waals surface area contributed by atoms with Crippen LogP contribution in [0.3, 0.4) is 0 Å². The molecule has 1 aromatic rings. The molecule has 0 saturated heterocycles. The predicted octanol–water partition coefficient (Wildman–Crippen LogP) is 4.75. The van der Waals surface area contributed by atoms with Crippen molar-refractivity contribution in [2.45, 2.75) is 98.7 Å². The summed E-state index contributed by atoms with van der Waals surface area (Å²) in [6, 6.07) is 0. The quantitative estimate of drug-likeness (QED) is 0.666. The van der Waals surface area contributed by atoms with E-state index in [4.69, 9.17) is 5.10 Å². The van der Waals surface area contributed by atoms with Crippen LogP contribution in [0.5, 0.6) is 0 Å². The van der Waals surface area contributed by atoms with Crippen molar-refractivity contribution < 1.29 is 0 Å². The summed E-state index contributed by atoms with van der Waals surface area (Å²) in [5.41, 5.74) is 4.03. The van der Waals surface area contributed by atoms with Crippen LogP contribution in [0.25, 0.3) is 0 Å². The molecule has 3 heteroatoms. The lowest BCUT2D eigenvalue weighted by molar-refractivity contribution is 0.423. The molecule has 21 heavy (non-hydrogen) atoms. The number of hydrogen-bond acceptors (Lipinski definition) is 2. The average Bonchev–Trinajstić information content (AvgIpc) is 2.65. The molecule has 122 valence electrons. The first-order valence-electron chi connectivity index (χ1n) is 8.63. The fourth-order valence-corrected chi connectivity index (χ4v) is 2.60. The van der Waals surface area contributed by atoms with Crippen molar-refractivity contribution in [3.05, 3.63) is 17.0 Å². The molecule has 1 heterocycles. The molecule has 1 N–H and O–H groups in total. The van der Waals surface area contributed by atoms with Gasteiger partial charge in [-0.15, -0.1) is 0 Å². The van der Waals surface area contributed by atoms with Gasteiger partial charge in [0.05, 0.1) is 5.69 Å². The predicted molar refractivity (Wildman–Crippen MR) is 91.7 cm³/mol. The van der Waals surface area contributed by atoms with Crippen LogP contribution >= 0.6 is 0 Å². The van der Waals surface area contributed by atoms with Gasteiger partial charge >= 0.3 is 0 Å². The zero-order valence-electron chi connectivity index (χ0n) is 15.1. The molecule has 0 unspecified atom stereocenters. The highest BCUT2D eigenvalue weighted by atomic mass is 15.3. The van der Waals surface area contributed by atoms with Gasteiger partial charge in [0, 0.05) is 29.9 Å². The Kier molecular flexibility index (Phi) is 7.44. The summed E-state index contributed by atoms with van der Waals surface area (Å²) in [6.45, 7) is 15.2. The monoisotopic (exact) mass is 293 g/mol. The Morgan fingerprint density at radius 1 is 1.00 bits per heavy atom. The number of nitrogens with zero attached hydrogens (tertiary/aromatic N) is 2. The molecule has 0 aliphatic heterocycles. The van der Waals surface area contributed by atoms with E-state index in [1.54, 1.807) is 0 Å². The van der Waals surface area contributed by atoms with Crippen LogP contribution in [0, 0.1) is 13.8 Å². The molecule has 1 rings (SSSR count). The first kappa shape index (κ1) is 18.2. The van der Waals surface area contributed by atoms with Crippen molar-refractivity contribution in [3.8, 4) is 0 Å². The third-order valence-electron chi connectivity index (χ3n) is 4.05. The summed E-state index contributed by atoms with van der Waals surface area (Å²) in [7, 11) is 0. The molecule has 0 aliphatic carbocycles. The average molecular weight is 293 g/mol. The maximum Gasteiger partial charge on any atom is 0.0641 e. The standard InChI is InChI=1S/C18H35N3/c1-7-8-9-10-11-12-13-21-16(3)17(15(2)20-21)14-19-18(4,5)6/h19H,7-14H2,1-6H3. The number of aromatic nitrogens is 2. The first-order valence-corrected chi connectivity index (χ1v) is 8.63. The van der Waals surface area contributed by atoms with Gasteiger partial charge in [-0.05, 0) is 41.0 Å². The summed E-state index contributed by atoms with van der Waals surface area (Å²) >= 11 is 0. The van der Waals surface area contributed by atoms with Gasteiger partial charge in [-0.3, -0.25) is 4.68 Å². The van der Waals surface area contributed by atoms with Crippen LogP contribution in [0.1, 0.15) is 83.2 Å². The Hall–Kier alpha value is -0.830. The minimum atomic E-state index is 0.153. The number of aryl methyl sites for hydroxylation is 2. The molecule has 0 spiro atoms. The fraction of sp³-hybridized carbons (Fsp3) is 0.833. The molecule has 0 aliphatic rings. The highest BCUT2D eigenvalue weighted by Gasteiger charge is 2.14. The van der Waals surface area contributed by atoms with E-state index < -0.39 is 0 Å². The van der Waals surface area contributed by atoms with Crippen molar-refractivity contribution >= 4 is 0 Å². The zero-order chi connectivity index (χ0) is 15.9. The summed E-state index contributed by atoms with van der Waals surface area (Å²) in [5.74, 6) is 0. The van der Waals surface area contributed by atoms with Crippen molar-refractivity contribution in [1.29, 1.82) is 0 Å². The summed E-state index contributed by atoms with van der Waals surface area (Å²) in [6.07, 6.45) is 8.02. The summed E-state index contributed by atoms with van der Waals surface area (Å²) in [4.78, 5) is 0. The topological polar surface area (TPSA) is 29.9 Å². The Morgan fingerprint density at radius 2 is 1.62 bits per heavy atom.